The summed E-state index contributed by atoms with van der Waals surface area (Å²) in [5.74, 6) is 0.549. The lowest BCUT2D eigenvalue weighted by Gasteiger charge is -2.18. The van der Waals surface area contributed by atoms with Crippen LogP contribution in [0.1, 0.15) is 18.9 Å². The Balaban J connectivity index is 1.56. The maximum Gasteiger partial charge on any atom is 0.314 e. The van der Waals surface area contributed by atoms with E-state index in [1.807, 2.05) is 6.92 Å². The van der Waals surface area contributed by atoms with Crippen molar-refractivity contribution >= 4 is 16.8 Å². The lowest BCUT2D eigenvalue weighted by atomic mass is 10.0. The molecular formula is C19H25N3O. The van der Waals surface area contributed by atoms with Crippen LogP contribution in [0.3, 0.4) is 0 Å². The van der Waals surface area contributed by atoms with E-state index >= 15 is 0 Å². The molecule has 2 N–H and O–H groups in total. The summed E-state index contributed by atoms with van der Waals surface area (Å²) in [5, 5.41) is 8.39. The molecule has 1 atom stereocenters. The van der Waals surface area contributed by atoms with Gasteiger partial charge in [-0.15, -0.1) is 0 Å². The Morgan fingerprint density at radius 1 is 1.17 bits per heavy atom. The van der Waals surface area contributed by atoms with Crippen molar-refractivity contribution in [3.8, 4) is 0 Å². The van der Waals surface area contributed by atoms with Crippen molar-refractivity contribution in [3.63, 3.8) is 0 Å². The highest BCUT2D eigenvalue weighted by Gasteiger charge is 2.23. The molecule has 4 nitrogen and oxygen atoms in total. The first-order valence-corrected chi connectivity index (χ1v) is 8.47. The van der Waals surface area contributed by atoms with E-state index in [2.05, 4.69) is 58.0 Å². The second kappa shape index (κ2) is 7.47. The Morgan fingerprint density at radius 2 is 2.00 bits per heavy atom. The van der Waals surface area contributed by atoms with E-state index in [-0.39, 0.29) is 6.03 Å². The number of carbonyl (C=O) groups excluding carboxylic acids is 1. The number of nitrogens with zero attached hydrogens (tertiary/aromatic N) is 1. The van der Waals surface area contributed by atoms with Crippen molar-refractivity contribution in [3.05, 3.63) is 48.0 Å². The van der Waals surface area contributed by atoms with Crippen LogP contribution in [0, 0.1) is 5.92 Å². The molecule has 0 bridgehead atoms. The maximum absolute atomic E-state index is 11.5. The van der Waals surface area contributed by atoms with Gasteiger partial charge in [-0.2, -0.15) is 0 Å². The summed E-state index contributed by atoms with van der Waals surface area (Å²) in [6.45, 7) is 6.50. The van der Waals surface area contributed by atoms with Crippen molar-refractivity contribution in [1.29, 1.82) is 0 Å². The minimum atomic E-state index is -0.0556. The normalized spacial score (nSPS) is 18.2. The van der Waals surface area contributed by atoms with Crippen LogP contribution >= 0.6 is 0 Å². The molecule has 0 unspecified atom stereocenters. The summed E-state index contributed by atoms with van der Waals surface area (Å²) in [5.41, 5.74) is 1.39. The Bertz CT molecular complexity index is 665. The molecule has 0 aliphatic carbocycles. The fraction of sp³-hybridized carbons (Fsp3) is 0.421. The Kier molecular flexibility index (Phi) is 5.13. The molecule has 3 rings (SSSR count). The monoisotopic (exact) mass is 311 g/mol. The number of fused-ring (bicyclic) bond motifs is 1. The van der Waals surface area contributed by atoms with Gasteiger partial charge in [0.2, 0.25) is 0 Å². The highest BCUT2D eigenvalue weighted by molar-refractivity contribution is 5.85. The van der Waals surface area contributed by atoms with Crippen molar-refractivity contribution < 1.29 is 4.79 Å². The van der Waals surface area contributed by atoms with Gasteiger partial charge in [0, 0.05) is 26.2 Å². The quantitative estimate of drug-likeness (QED) is 0.891. The lowest BCUT2D eigenvalue weighted by molar-refractivity contribution is 0.239. The zero-order valence-corrected chi connectivity index (χ0v) is 13.7. The van der Waals surface area contributed by atoms with E-state index in [1.54, 1.807) is 0 Å². The SMILES string of the molecule is CCNC(=O)NC[C@H]1CCN(Cc2cccc3ccccc23)C1. The highest BCUT2D eigenvalue weighted by atomic mass is 16.2. The zero-order valence-electron chi connectivity index (χ0n) is 13.7. The number of amides is 2. The van der Waals surface area contributed by atoms with Gasteiger partial charge in [-0.1, -0.05) is 42.5 Å². The van der Waals surface area contributed by atoms with E-state index in [0.29, 0.717) is 12.5 Å². The summed E-state index contributed by atoms with van der Waals surface area (Å²) < 4.78 is 0. The molecule has 0 radical (unpaired) electrons. The van der Waals surface area contributed by atoms with Crippen LogP contribution in [0.2, 0.25) is 0 Å². The van der Waals surface area contributed by atoms with Crippen LogP contribution < -0.4 is 10.6 Å². The van der Waals surface area contributed by atoms with Gasteiger partial charge in [-0.3, -0.25) is 4.90 Å². The van der Waals surface area contributed by atoms with E-state index in [9.17, 15) is 4.79 Å². The summed E-state index contributed by atoms with van der Waals surface area (Å²) in [6, 6.07) is 15.0. The molecule has 2 aromatic rings. The van der Waals surface area contributed by atoms with Crippen molar-refractivity contribution in [2.45, 2.75) is 19.9 Å². The van der Waals surface area contributed by atoms with Crippen molar-refractivity contribution in [2.75, 3.05) is 26.2 Å². The van der Waals surface area contributed by atoms with Gasteiger partial charge in [0.1, 0.15) is 0 Å². The molecule has 122 valence electrons. The third-order valence-electron chi connectivity index (χ3n) is 4.53. The van der Waals surface area contributed by atoms with Gasteiger partial charge in [-0.05, 0) is 42.1 Å². The molecule has 23 heavy (non-hydrogen) atoms. The van der Waals surface area contributed by atoms with E-state index < -0.39 is 0 Å². The smallest absolute Gasteiger partial charge is 0.314 e. The number of hydrogen-bond donors (Lipinski definition) is 2. The zero-order chi connectivity index (χ0) is 16.1. The van der Waals surface area contributed by atoms with Crippen molar-refractivity contribution in [2.24, 2.45) is 5.92 Å². The fourth-order valence-electron chi connectivity index (χ4n) is 3.35. The van der Waals surface area contributed by atoms with Gasteiger partial charge in [0.15, 0.2) is 0 Å². The van der Waals surface area contributed by atoms with Crippen LogP contribution in [0.5, 0.6) is 0 Å². The van der Waals surface area contributed by atoms with Crippen LogP contribution in [-0.2, 0) is 6.54 Å². The topological polar surface area (TPSA) is 44.4 Å². The number of likely N-dealkylation sites (tertiary alicyclic amines) is 1. The van der Waals surface area contributed by atoms with Crippen LogP contribution in [0.4, 0.5) is 4.79 Å². The van der Waals surface area contributed by atoms with E-state index in [0.717, 1.165) is 32.6 Å². The first kappa shape index (κ1) is 15.8. The average Bonchev–Trinajstić information content (AvgIpc) is 3.01. The third-order valence-corrected chi connectivity index (χ3v) is 4.53. The van der Waals surface area contributed by atoms with Gasteiger partial charge in [0.25, 0.3) is 0 Å². The number of urea groups is 1. The second-order valence-electron chi connectivity index (χ2n) is 6.27. The molecule has 1 fully saturated rings. The predicted octanol–water partition coefficient (Wildman–Crippen LogP) is 2.98. The molecule has 1 aliphatic heterocycles. The maximum atomic E-state index is 11.5. The molecule has 4 heteroatoms. The summed E-state index contributed by atoms with van der Waals surface area (Å²) in [4.78, 5) is 14.0. The third kappa shape index (κ3) is 4.02. The van der Waals surface area contributed by atoms with E-state index in [1.165, 1.54) is 16.3 Å². The fourth-order valence-corrected chi connectivity index (χ4v) is 3.35. The lowest BCUT2D eigenvalue weighted by Crippen LogP contribution is -2.38. The first-order chi connectivity index (χ1) is 11.3. The standard InChI is InChI=1S/C19H25N3O/c1-2-20-19(23)21-12-15-10-11-22(13-15)14-17-8-5-7-16-6-3-4-9-18(16)17/h3-9,15H,2,10-14H2,1H3,(H2,20,21,23)/t15-/m1/s1. The predicted molar refractivity (Wildman–Crippen MR) is 94.4 cm³/mol. The Hall–Kier alpha value is -2.07. The molecular weight excluding hydrogens is 286 g/mol. The summed E-state index contributed by atoms with van der Waals surface area (Å²) >= 11 is 0. The largest absolute Gasteiger partial charge is 0.338 e. The number of hydrogen-bond acceptors (Lipinski definition) is 2. The van der Waals surface area contributed by atoms with Gasteiger partial charge >= 0.3 is 6.03 Å². The van der Waals surface area contributed by atoms with Gasteiger partial charge < -0.3 is 10.6 Å². The Labute approximate surface area is 137 Å². The number of carbonyl (C=O) groups is 1. The highest BCUT2D eigenvalue weighted by Crippen LogP contribution is 2.23. The second-order valence-corrected chi connectivity index (χ2v) is 6.27. The summed E-state index contributed by atoms with van der Waals surface area (Å²) in [7, 11) is 0. The molecule has 0 spiro atoms. The molecule has 1 aliphatic rings. The number of rotatable bonds is 5. The first-order valence-electron chi connectivity index (χ1n) is 8.47. The molecule has 0 saturated carbocycles. The minimum absolute atomic E-state index is 0.0556. The molecule has 2 aromatic carbocycles. The van der Waals surface area contributed by atoms with Crippen LogP contribution in [0.25, 0.3) is 10.8 Å². The molecule has 1 heterocycles. The molecule has 2 amide bonds. The Morgan fingerprint density at radius 3 is 2.87 bits per heavy atom. The van der Waals surface area contributed by atoms with Crippen LogP contribution in [-0.4, -0.2) is 37.1 Å². The van der Waals surface area contributed by atoms with Crippen LogP contribution in [0.15, 0.2) is 42.5 Å². The van der Waals surface area contributed by atoms with Gasteiger partial charge in [0.05, 0.1) is 0 Å². The number of benzene rings is 2. The van der Waals surface area contributed by atoms with Gasteiger partial charge in [-0.25, -0.2) is 4.79 Å². The summed E-state index contributed by atoms with van der Waals surface area (Å²) in [6.07, 6.45) is 1.15. The molecule has 0 aromatic heterocycles. The number of nitrogens with one attached hydrogen (secondary N) is 2. The molecule has 1 saturated heterocycles. The van der Waals surface area contributed by atoms with Crippen molar-refractivity contribution in [1.82, 2.24) is 15.5 Å². The van der Waals surface area contributed by atoms with E-state index in [4.69, 9.17) is 0 Å². The minimum Gasteiger partial charge on any atom is -0.338 e. The average molecular weight is 311 g/mol.